The van der Waals surface area contributed by atoms with E-state index >= 15 is 0 Å². The highest BCUT2D eigenvalue weighted by molar-refractivity contribution is 5.62. The molecule has 1 aromatic carbocycles. The van der Waals surface area contributed by atoms with Crippen LogP contribution in [-0.2, 0) is 10.3 Å². The highest BCUT2D eigenvalue weighted by atomic mass is 16.5. The number of hydrogen-bond donors (Lipinski definition) is 2. The van der Waals surface area contributed by atoms with E-state index in [1.807, 2.05) is 50.2 Å². The van der Waals surface area contributed by atoms with Gasteiger partial charge in [0.15, 0.2) is 5.82 Å². The summed E-state index contributed by atoms with van der Waals surface area (Å²) in [5.74, 6) is 6.62. The Labute approximate surface area is 112 Å². The summed E-state index contributed by atoms with van der Waals surface area (Å²) in [5.41, 5.74) is 3.81. The zero-order chi connectivity index (χ0) is 13.9. The Hall–Kier alpha value is -1.98. The van der Waals surface area contributed by atoms with Crippen LogP contribution in [0.4, 0.5) is 5.82 Å². The Kier molecular flexibility index (Phi) is 3.78. The number of methoxy groups -OCH3 is 1. The van der Waals surface area contributed by atoms with E-state index in [2.05, 4.69) is 15.4 Å². The fourth-order valence-electron chi connectivity index (χ4n) is 1.64. The molecule has 1 aromatic heterocycles. The van der Waals surface area contributed by atoms with Crippen LogP contribution >= 0.6 is 0 Å². The number of hydrazine groups is 1. The molecule has 0 aliphatic rings. The van der Waals surface area contributed by atoms with Crippen molar-refractivity contribution in [1.82, 2.24) is 9.97 Å². The maximum Gasteiger partial charge on any atom is 0.162 e. The molecular formula is C14H18N4O. The standard InChI is InChI=1S/C14H18N4O/c1-14(2,19-3)13-16-11(9-12(17-13)18-15)10-7-5-4-6-8-10/h4-9H,15H2,1-3H3,(H,16,17,18). The summed E-state index contributed by atoms with van der Waals surface area (Å²) in [6.07, 6.45) is 0. The second-order valence-corrected chi connectivity index (χ2v) is 4.69. The number of hydrogen-bond acceptors (Lipinski definition) is 5. The second-order valence-electron chi connectivity index (χ2n) is 4.69. The van der Waals surface area contributed by atoms with Gasteiger partial charge >= 0.3 is 0 Å². The number of ether oxygens (including phenoxy) is 1. The molecule has 0 amide bonds. The third kappa shape index (κ3) is 2.89. The summed E-state index contributed by atoms with van der Waals surface area (Å²) in [5, 5.41) is 0. The van der Waals surface area contributed by atoms with Crippen molar-refractivity contribution < 1.29 is 4.74 Å². The molecule has 0 fully saturated rings. The van der Waals surface area contributed by atoms with Gasteiger partial charge in [-0.05, 0) is 13.8 Å². The van der Waals surface area contributed by atoms with Gasteiger partial charge in [0.25, 0.3) is 0 Å². The van der Waals surface area contributed by atoms with Gasteiger partial charge in [0.2, 0.25) is 0 Å². The van der Waals surface area contributed by atoms with Crippen LogP contribution in [0.1, 0.15) is 19.7 Å². The molecule has 0 bridgehead atoms. The van der Waals surface area contributed by atoms with Gasteiger partial charge in [-0.2, -0.15) is 0 Å². The molecule has 0 atom stereocenters. The van der Waals surface area contributed by atoms with E-state index in [4.69, 9.17) is 10.6 Å². The molecule has 0 saturated carbocycles. The van der Waals surface area contributed by atoms with Crippen molar-refractivity contribution in [3.05, 3.63) is 42.2 Å². The van der Waals surface area contributed by atoms with Crippen molar-refractivity contribution >= 4 is 5.82 Å². The van der Waals surface area contributed by atoms with Crippen molar-refractivity contribution in [3.8, 4) is 11.3 Å². The zero-order valence-electron chi connectivity index (χ0n) is 11.3. The first-order valence-electron chi connectivity index (χ1n) is 6.03. The summed E-state index contributed by atoms with van der Waals surface area (Å²) in [6.45, 7) is 3.83. The molecule has 0 spiro atoms. The number of nitrogens with zero attached hydrogens (tertiary/aromatic N) is 2. The summed E-state index contributed by atoms with van der Waals surface area (Å²) in [7, 11) is 1.63. The van der Waals surface area contributed by atoms with Gasteiger partial charge in [-0.25, -0.2) is 15.8 Å². The molecule has 3 N–H and O–H groups in total. The van der Waals surface area contributed by atoms with Gasteiger partial charge in [0.1, 0.15) is 11.4 Å². The minimum atomic E-state index is -0.573. The Balaban J connectivity index is 2.54. The fourth-order valence-corrected chi connectivity index (χ4v) is 1.64. The first kappa shape index (κ1) is 13.5. The normalized spacial score (nSPS) is 11.4. The smallest absolute Gasteiger partial charge is 0.162 e. The molecule has 0 aliphatic heterocycles. The minimum Gasteiger partial charge on any atom is -0.371 e. The maximum absolute atomic E-state index is 5.47. The number of rotatable bonds is 4. The summed E-state index contributed by atoms with van der Waals surface area (Å²) in [6, 6.07) is 11.7. The number of anilines is 1. The van der Waals surface area contributed by atoms with Gasteiger partial charge < -0.3 is 10.2 Å². The zero-order valence-corrected chi connectivity index (χ0v) is 11.3. The molecule has 0 aliphatic carbocycles. The van der Waals surface area contributed by atoms with Gasteiger partial charge in [-0.1, -0.05) is 30.3 Å². The van der Waals surface area contributed by atoms with E-state index in [1.54, 1.807) is 7.11 Å². The first-order chi connectivity index (χ1) is 9.06. The van der Waals surface area contributed by atoms with Crippen LogP contribution in [-0.4, -0.2) is 17.1 Å². The number of nitrogens with two attached hydrogens (primary N) is 1. The number of nitrogen functional groups attached to an aromatic ring is 1. The SMILES string of the molecule is COC(C)(C)c1nc(NN)cc(-c2ccccc2)n1. The molecule has 0 saturated heterocycles. The highest BCUT2D eigenvalue weighted by Gasteiger charge is 2.24. The maximum atomic E-state index is 5.47. The average molecular weight is 258 g/mol. The van der Waals surface area contributed by atoms with Gasteiger partial charge in [-0.3, -0.25) is 0 Å². The lowest BCUT2D eigenvalue weighted by atomic mass is 10.1. The van der Waals surface area contributed by atoms with Gasteiger partial charge in [-0.15, -0.1) is 0 Å². The lowest BCUT2D eigenvalue weighted by Gasteiger charge is -2.22. The van der Waals surface area contributed by atoms with Crippen LogP contribution in [0.15, 0.2) is 36.4 Å². The van der Waals surface area contributed by atoms with Crippen LogP contribution in [0.25, 0.3) is 11.3 Å². The molecule has 19 heavy (non-hydrogen) atoms. The molecule has 0 unspecified atom stereocenters. The highest BCUT2D eigenvalue weighted by Crippen LogP contribution is 2.25. The van der Waals surface area contributed by atoms with Crippen LogP contribution in [0.2, 0.25) is 0 Å². The second kappa shape index (κ2) is 5.34. The molecule has 5 heteroatoms. The molecular weight excluding hydrogens is 240 g/mol. The molecule has 2 aromatic rings. The van der Waals surface area contributed by atoms with Crippen molar-refractivity contribution in [2.45, 2.75) is 19.4 Å². The van der Waals surface area contributed by atoms with E-state index < -0.39 is 5.60 Å². The van der Waals surface area contributed by atoms with Crippen LogP contribution in [0.3, 0.4) is 0 Å². The molecule has 2 rings (SSSR count). The van der Waals surface area contributed by atoms with Crippen molar-refractivity contribution in [2.24, 2.45) is 5.84 Å². The topological polar surface area (TPSA) is 73.1 Å². The minimum absolute atomic E-state index is 0.564. The van der Waals surface area contributed by atoms with Gasteiger partial charge in [0, 0.05) is 18.7 Å². The molecule has 5 nitrogen and oxygen atoms in total. The lowest BCUT2D eigenvalue weighted by molar-refractivity contribution is 0.0117. The third-order valence-corrected chi connectivity index (χ3v) is 2.99. The van der Waals surface area contributed by atoms with Crippen molar-refractivity contribution in [1.29, 1.82) is 0 Å². The summed E-state index contributed by atoms with van der Waals surface area (Å²) in [4.78, 5) is 8.91. The van der Waals surface area contributed by atoms with E-state index in [0.29, 0.717) is 11.6 Å². The number of nitrogens with one attached hydrogen (secondary N) is 1. The number of benzene rings is 1. The van der Waals surface area contributed by atoms with E-state index in [1.165, 1.54) is 0 Å². The molecule has 0 radical (unpaired) electrons. The van der Waals surface area contributed by atoms with Crippen molar-refractivity contribution in [2.75, 3.05) is 12.5 Å². The Morgan fingerprint density at radius 3 is 2.42 bits per heavy atom. The molecule has 1 heterocycles. The van der Waals surface area contributed by atoms with Crippen LogP contribution in [0.5, 0.6) is 0 Å². The van der Waals surface area contributed by atoms with Crippen molar-refractivity contribution in [3.63, 3.8) is 0 Å². The monoisotopic (exact) mass is 258 g/mol. The first-order valence-corrected chi connectivity index (χ1v) is 6.03. The Morgan fingerprint density at radius 2 is 1.84 bits per heavy atom. The van der Waals surface area contributed by atoms with Crippen LogP contribution < -0.4 is 11.3 Å². The lowest BCUT2D eigenvalue weighted by Crippen LogP contribution is -2.24. The van der Waals surface area contributed by atoms with Crippen LogP contribution in [0, 0.1) is 0 Å². The summed E-state index contributed by atoms with van der Waals surface area (Å²) >= 11 is 0. The predicted molar refractivity (Wildman–Crippen MR) is 75.3 cm³/mol. The fraction of sp³-hybridized carbons (Fsp3) is 0.286. The van der Waals surface area contributed by atoms with E-state index in [0.717, 1.165) is 11.3 Å². The molecule has 100 valence electrons. The Morgan fingerprint density at radius 1 is 1.16 bits per heavy atom. The third-order valence-electron chi connectivity index (χ3n) is 2.99. The van der Waals surface area contributed by atoms with E-state index in [9.17, 15) is 0 Å². The Bertz CT molecular complexity index is 555. The summed E-state index contributed by atoms with van der Waals surface area (Å²) < 4.78 is 5.42. The number of aromatic nitrogens is 2. The van der Waals surface area contributed by atoms with Gasteiger partial charge in [0.05, 0.1) is 5.69 Å². The predicted octanol–water partition coefficient (Wildman–Crippen LogP) is 2.31. The van der Waals surface area contributed by atoms with E-state index in [-0.39, 0.29) is 0 Å². The largest absolute Gasteiger partial charge is 0.371 e. The average Bonchev–Trinajstić information content (AvgIpc) is 2.47. The quantitative estimate of drug-likeness (QED) is 0.650.